The van der Waals surface area contributed by atoms with Gasteiger partial charge in [-0.3, -0.25) is 0 Å². The van der Waals surface area contributed by atoms with E-state index in [0.29, 0.717) is 0 Å². The minimum atomic E-state index is 0.155. The SMILES string of the molecule is Cc1ccc2cc(-c3ccc(C(C)(C)C)cc3)ccc2c1-c1c(C)ccc2cc(-c3ccc(C(C)(C)C)cc3)ccc12. The molecular formula is C42H42. The first-order chi connectivity index (χ1) is 19.9. The van der Waals surface area contributed by atoms with Crippen molar-refractivity contribution in [2.45, 2.75) is 66.2 Å². The van der Waals surface area contributed by atoms with Crippen LogP contribution in [0, 0.1) is 13.8 Å². The Balaban J connectivity index is 1.44. The zero-order valence-corrected chi connectivity index (χ0v) is 26.4. The highest BCUT2D eigenvalue weighted by atomic mass is 14.2. The zero-order valence-electron chi connectivity index (χ0n) is 26.4. The molecule has 210 valence electrons. The molecule has 0 fully saturated rings. The second-order valence-corrected chi connectivity index (χ2v) is 14.0. The van der Waals surface area contributed by atoms with E-state index in [-0.39, 0.29) is 10.8 Å². The molecule has 0 aliphatic rings. The summed E-state index contributed by atoms with van der Waals surface area (Å²) in [5.74, 6) is 0. The molecule has 6 aromatic rings. The largest absolute Gasteiger partial charge is 0.0581 e. The van der Waals surface area contributed by atoms with Gasteiger partial charge in [-0.25, -0.2) is 0 Å². The van der Waals surface area contributed by atoms with Gasteiger partial charge in [0.1, 0.15) is 0 Å². The van der Waals surface area contributed by atoms with Gasteiger partial charge in [0.25, 0.3) is 0 Å². The second-order valence-electron chi connectivity index (χ2n) is 14.0. The van der Waals surface area contributed by atoms with Crippen molar-refractivity contribution >= 4 is 21.5 Å². The van der Waals surface area contributed by atoms with Crippen LogP contribution in [-0.4, -0.2) is 0 Å². The van der Waals surface area contributed by atoms with Gasteiger partial charge in [-0.2, -0.15) is 0 Å². The summed E-state index contributed by atoms with van der Waals surface area (Å²) in [4.78, 5) is 0. The van der Waals surface area contributed by atoms with Crippen LogP contribution < -0.4 is 0 Å². The lowest BCUT2D eigenvalue weighted by molar-refractivity contribution is 0.590. The van der Waals surface area contributed by atoms with Crippen molar-refractivity contribution < 1.29 is 0 Å². The van der Waals surface area contributed by atoms with Gasteiger partial charge in [0.2, 0.25) is 0 Å². The Kier molecular flexibility index (Phi) is 6.85. The molecule has 0 aliphatic carbocycles. The topological polar surface area (TPSA) is 0 Å². The molecule has 0 saturated carbocycles. The van der Waals surface area contributed by atoms with Gasteiger partial charge in [-0.1, -0.05) is 139 Å². The number of hydrogen-bond donors (Lipinski definition) is 0. The van der Waals surface area contributed by atoms with Crippen LogP contribution in [0.5, 0.6) is 0 Å². The molecule has 0 nitrogen and oxygen atoms in total. The molecule has 0 heterocycles. The van der Waals surface area contributed by atoms with Crippen LogP contribution in [-0.2, 0) is 10.8 Å². The average Bonchev–Trinajstić information content (AvgIpc) is 2.96. The molecule has 0 bridgehead atoms. The second kappa shape index (κ2) is 10.3. The van der Waals surface area contributed by atoms with E-state index in [1.807, 2.05) is 0 Å². The van der Waals surface area contributed by atoms with E-state index in [9.17, 15) is 0 Å². The predicted octanol–water partition coefficient (Wildman–Crippen LogP) is 12.2. The van der Waals surface area contributed by atoms with Crippen molar-refractivity contribution in [1.29, 1.82) is 0 Å². The van der Waals surface area contributed by atoms with Gasteiger partial charge < -0.3 is 0 Å². The van der Waals surface area contributed by atoms with E-state index in [1.54, 1.807) is 0 Å². The lowest BCUT2D eigenvalue weighted by Crippen LogP contribution is -2.10. The molecule has 0 atom stereocenters. The van der Waals surface area contributed by atoms with Gasteiger partial charge in [-0.05, 0) is 114 Å². The van der Waals surface area contributed by atoms with Crippen LogP contribution in [0.15, 0.2) is 109 Å². The molecule has 0 spiro atoms. The van der Waals surface area contributed by atoms with E-state index in [4.69, 9.17) is 0 Å². The van der Waals surface area contributed by atoms with Crippen LogP contribution >= 0.6 is 0 Å². The summed E-state index contributed by atoms with van der Waals surface area (Å²) < 4.78 is 0. The molecule has 0 radical (unpaired) electrons. The zero-order chi connectivity index (χ0) is 29.8. The minimum Gasteiger partial charge on any atom is -0.0581 e. The summed E-state index contributed by atoms with van der Waals surface area (Å²) in [7, 11) is 0. The Bertz CT molecular complexity index is 1770. The molecular weight excluding hydrogens is 504 g/mol. The third-order valence-electron chi connectivity index (χ3n) is 8.87. The highest BCUT2D eigenvalue weighted by molar-refractivity contribution is 6.09. The maximum Gasteiger partial charge on any atom is -0.00672 e. The Morgan fingerprint density at radius 2 is 0.690 bits per heavy atom. The standard InChI is InChI=1S/C42H42/c1-27-9-11-33-25-31(29-13-19-35(20-14-29)41(3,4)5)17-23-37(33)39(27)40-28(2)10-12-34-26-32(18-24-38(34)40)30-15-21-36(22-16-30)42(6,7)8/h9-26H,1-8H3. The summed E-state index contributed by atoms with van der Waals surface area (Å²) >= 11 is 0. The summed E-state index contributed by atoms with van der Waals surface area (Å²) in [6.45, 7) is 18.1. The van der Waals surface area contributed by atoms with Crippen molar-refractivity contribution in [2.24, 2.45) is 0 Å². The summed E-state index contributed by atoms with van der Waals surface area (Å²) in [5.41, 5.74) is 13.4. The summed E-state index contributed by atoms with van der Waals surface area (Å²) in [6, 6.07) is 41.2. The predicted molar refractivity (Wildman–Crippen MR) is 185 cm³/mol. The number of aryl methyl sites for hydroxylation is 2. The molecule has 0 aromatic heterocycles. The molecule has 0 aliphatic heterocycles. The maximum atomic E-state index is 2.35. The molecule has 6 rings (SSSR count). The fourth-order valence-electron chi connectivity index (χ4n) is 6.23. The van der Waals surface area contributed by atoms with Gasteiger partial charge in [0, 0.05) is 0 Å². The highest BCUT2D eigenvalue weighted by Crippen LogP contribution is 2.41. The fourth-order valence-corrected chi connectivity index (χ4v) is 6.23. The molecule has 0 unspecified atom stereocenters. The van der Waals surface area contributed by atoms with Crippen LogP contribution in [0.2, 0.25) is 0 Å². The molecule has 42 heavy (non-hydrogen) atoms. The first kappa shape index (κ1) is 28.0. The first-order valence-electron chi connectivity index (χ1n) is 15.2. The third-order valence-corrected chi connectivity index (χ3v) is 8.87. The average molecular weight is 547 g/mol. The third kappa shape index (κ3) is 5.16. The number of fused-ring (bicyclic) bond motifs is 2. The van der Waals surface area contributed by atoms with E-state index < -0.39 is 0 Å². The lowest BCUT2D eigenvalue weighted by Gasteiger charge is -2.20. The van der Waals surface area contributed by atoms with E-state index in [1.165, 1.54) is 77.2 Å². The van der Waals surface area contributed by atoms with Crippen LogP contribution in [0.25, 0.3) is 54.9 Å². The molecule has 0 N–H and O–H groups in total. The van der Waals surface area contributed by atoms with Gasteiger partial charge in [0.15, 0.2) is 0 Å². The Labute approximate surface area is 252 Å². The Hall–Kier alpha value is -4.16. The van der Waals surface area contributed by atoms with Crippen LogP contribution in [0.3, 0.4) is 0 Å². The van der Waals surface area contributed by atoms with Crippen LogP contribution in [0.1, 0.15) is 63.8 Å². The maximum absolute atomic E-state index is 2.35. The van der Waals surface area contributed by atoms with E-state index in [2.05, 4.69) is 165 Å². The number of hydrogen-bond acceptors (Lipinski definition) is 0. The number of benzene rings is 6. The van der Waals surface area contributed by atoms with Crippen molar-refractivity contribution in [3.05, 3.63) is 131 Å². The van der Waals surface area contributed by atoms with E-state index >= 15 is 0 Å². The van der Waals surface area contributed by atoms with Crippen molar-refractivity contribution in [3.8, 4) is 33.4 Å². The Morgan fingerprint density at radius 1 is 0.357 bits per heavy atom. The van der Waals surface area contributed by atoms with Crippen molar-refractivity contribution in [1.82, 2.24) is 0 Å². The molecule has 0 heteroatoms. The van der Waals surface area contributed by atoms with Crippen LogP contribution in [0.4, 0.5) is 0 Å². The van der Waals surface area contributed by atoms with Gasteiger partial charge in [0.05, 0.1) is 0 Å². The van der Waals surface area contributed by atoms with Crippen molar-refractivity contribution in [2.75, 3.05) is 0 Å². The number of rotatable bonds is 3. The fraction of sp³-hybridized carbons (Fsp3) is 0.238. The smallest absolute Gasteiger partial charge is 0.00672 e. The lowest BCUT2D eigenvalue weighted by atomic mass is 9.85. The monoisotopic (exact) mass is 546 g/mol. The molecule has 0 amide bonds. The highest BCUT2D eigenvalue weighted by Gasteiger charge is 2.17. The first-order valence-corrected chi connectivity index (χ1v) is 15.2. The summed E-state index contributed by atoms with van der Waals surface area (Å²) in [6.07, 6.45) is 0. The van der Waals surface area contributed by atoms with Crippen molar-refractivity contribution in [3.63, 3.8) is 0 Å². The van der Waals surface area contributed by atoms with Gasteiger partial charge >= 0.3 is 0 Å². The van der Waals surface area contributed by atoms with Gasteiger partial charge in [-0.15, -0.1) is 0 Å². The molecule has 6 aromatic carbocycles. The molecule has 0 saturated heterocycles. The quantitative estimate of drug-likeness (QED) is 0.207. The van der Waals surface area contributed by atoms with E-state index in [0.717, 1.165) is 0 Å². The normalized spacial score (nSPS) is 12.3. The minimum absolute atomic E-state index is 0.155. The Morgan fingerprint density at radius 3 is 1.02 bits per heavy atom. The summed E-state index contributed by atoms with van der Waals surface area (Å²) in [5, 5.41) is 5.17.